The number of rotatable bonds is 2. The maximum Gasteiger partial charge on any atom is 0.0410 e. The standard InChI is InChI=1S/C14H21ClN2/c1-10-8-12(15)4-5-14(10)16-13-6-7-17(3)11(2)9-13/h4-5,8,11,13,16H,6-7,9H2,1-3H3. The number of halogens is 1. The molecule has 1 aliphatic heterocycles. The molecule has 1 fully saturated rings. The van der Waals surface area contributed by atoms with Crippen LogP contribution in [0, 0.1) is 6.92 Å². The van der Waals surface area contributed by atoms with Gasteiger partial charge < -0.3 is 10.2 Å². The van der Waals surface area contributed by atoms with Gasteiger partial charge in [-0.25, -0.2) is 0 Å². The van der Waals surface area contributed by atoms with Crippen LogP contribution in [0.25, 0.3) is 0 Å². The highest BCUT2D eigenvalue weighted by molar-refractivity contribution is 6.30. The lowest BCUT2D eigenvalue weighted by Crippen LogP contribution is -2.42. The second kappa shape index (κ2) is 5.28. The average Bonchev–Trinajstić information content (AvgIpc) is 2.27. The summed E-state index contributed by atoms with van der Waals surface area (Å²) in [6.07, 6.45) is 2.42. The maximum atomic E-state index is 5.97. The third-order valence-electron chi connectivity index (χ3n) is 3.76. The molecule has 0 saturated carbocycles. The Balaban J connectivity index is 2.01. The number of aryl methyl sites for hydroxylation is 1. The topological polar surface area (TPSA) is 15.3 Å². The summed E-state index contributed by atoms with van der Waals surface area (Å²) >= 11 is 5.97. The second-order valence-electron chi connectivity index (χ2n) is 5.15. The van der Waals surface area contributed by atoms with Crippen LogP contribution in [0.3, 0.4) is 0 Å². The van der Waals surface area contributed by atoms with Crippen molar-refractivity contribution in [3.8, 4) is 0 Å². The molecule has 3 heteroatoms. The lowest BCUT2D eigenvalue weighted by atomic mass is 9.98. The Labute approximate surface area is 109 Å². The fourth-order valence-electron chi connectivity index (χ4n) is 2.43. The number of piperidine rings is 1. The number of hydrogen-bond acceptors (Lipinski definition) is 2. The van der Waals surface area contributed by atoms with Gasteiger partial charge >= 0.3 is 0 Å². The Kier molecular flexibility index (Phi) is 3.95. The van der Waals surface area contributed by atoms with Crippen molar-refractivity contribution in [1.29, 1.82) is 0 Å². The Hall–Kier alpha value is -0.730. The number of benzene rings is 1. The first kappa shape index (κ1) is 12.7. The van der Waals surface area contributed by atoms with E-state index in [2.05, 4.69) is 37.2 Å². The van der Waals surface area contributed by atoms with Crippen LogP contribution < -0.4 is 5.32 Å². The van der Waals surface area contributed by atoms with Crippen LogP contribution in [0.2, 0.25) is 5.02 Å². The molecule has 0 spiro atoms. The van der Waals surface area contributed by atoms with E-state index in [1.807, 2.05) is 12.1 Å². The zero-order valence-corrected chi connectivity index (χ0v) is 11.6. The van der Waals surface area contributed by atoms with Crippen LogP contribution in [-0.4, -0.2) is 30.6 Å². The maximum absolute atomic E-state index is 5.97. The molecule has 0 bridgehead atoms. The molecule has 1 N–H and O–H groups in total. The van der Waals surface area contributed by atoms with E-state index in [1.165, 1.54) is 30.6 Å². The van der Waals surface area contributed by atoms with Crippen LogP contribution in [0.4, 0.5) is 5.69 Å². The first-order valence-electron chi connectivity index (χ1n) is 6.29. The number of nitrogens with one attached hydrogen (secondary N) is 1. The van der Waals surface area contributed by atoms with Gasteiger partial charge in [0, 0.05) is 29.3 Å². The van der Waals surface area contributed by atoms with E-state index in [1.54, 1.807) is 0 Å². The Morgan fingerprint density at radius 1 is 1.41 bits per heavy atom. The van der Waals surface area contributed by atoms with Crippen molar-refractivity contribution in [2.45, 2.75) is 38.8 Å². The molecular formula is C14H21ClN2. The fourth-order valence-corrected chi connectivity index (χ4v) is 2.66. The van der Waals surface area contributed by atoms with Crippen LogP contribution in [0.5, 0.6) is 0 Å². The van der Waals surface area contributed by atoms with E-state index in [0.29, 0.717) is 12.1 Å². The number of anilines is 1. The molecule has 2 nitrogen and oxygen atoms in total. The minimum absolute atomic E-state index is 0.584. The highest BCUT2D eigenvalue weighted by atomic mass is 35.5. The number of hydrogen-bond donors (Lipinski definition) is 1. The lowest BCUT2D eigenvalue weighted by Gasteiger charge is -2.36. The molecule has 0 aliphatic carbocycles. The van der Waals surface area contributed by atoms with E-state index >= 15 is 0 Å². The summed E-state index contributed by atoms with van der Waals surface area (Å²) in [5, 5.41) is 4.45. The van der Waals surface area contributed by atoms with Crippen LogP contribution in [0.15, 0.2) is 18.2 Å². The van der Waals surface area contributed by atoms with Crippen molar-refractivity contribution < 1.29 is 0 Å². The molecule has 1 aliphatic rings. The predicted octanol–water partition coefficient (Wildman–Crippen LogP) is 3.54. The van der Waals surface area contributed by atoms with Gasteiger partial charge in [-0.05, 0) is 57.5 Å². The lowest BCUT2D eigenvalue weighted by molar-refractivity contribution is 0.190. The van der Waals surface area contributed by atoms with Crippen molar-refractivity contribution in [3.05, 3.63) is 28.8 Å². The van der Waals surface area contributed by atoms with E-state index in [-0.39, 0.29) is 0 Å². The smallest absolute Gasteiger partial charge is 0.0410 e. The summed E-state index contributed by atoms with van der Waals surface area (Å²) in [4.78, 5) is 2.42. The minimum Gasteiger partial charge on any atom is -0.382 e. The summed E-state index contributed by atoms with van der Waals surface area (Å²) in [5.41, 5.74) is 2.44. The number of nitrogens with zero attached hydrogens (tertiary/aromatic N) is 1. The summed E-state index contributed by atoms with van der Waals surface area (Å²) in [7, 11) is 2.20. The van der Waals surface area contributed by atoms with Gasteiger partial charge in [0.2, 0.25) is 0 Å². The van der Waals surface area contributed by atoms with E-state index in [4.69, 9.17) is 11.6 Å². The first-order chi connectivity index (χ1) is 8.06. The molecule has 0 aromatic heterocycles. The van der Waals surface area contributed by atoms with E-state index in [9.17, 15) is 0 Å². The average molecular weight is 253 g/mol. The zero-order valence-electron chi connectivity index (χ0n) is 10.8. The van der Waals surface area contributed by atoms with Gasteiger partial charge in [0.05, 0.1) is 0 Å². The SMILES string of the molecule is Cc1cc(Cl)ccc1NC1CCN(C)C(C)C1. The Morgan fingerprint density at radius 2 is 2.18 bits per heavy atom. The van der Waals surface area contributed by atoms with Gasteiger partial charge in [0.1, 0.15) is 0 Å². The van der Waals surface area contributed by atoms with E-state index in [0.717, 1.165) is 5.02 Å². The van der Waals surface area contributed by atoms with Crippen LogP contribution in [-0.2, 0) is 0 Å². The Bertz CT molecular complexity index is 392. The normalized spacial score (nSPS) is 25.9. The highest BCUT2D eigenvalue weighted by Gasteiger charge is 2.22. The molecule has 1 heterocycles. The molecule has 17 heavy (non-hydrogen) atoms. The summed E-state index contributed by atoms with van der Waals surface area (Å²) in [5.74, 6) is 0. The molecule has 0 radical (unpaired) electrons. The van der Waals surface area contributed by atoms with Crippen molar-refractivity contribution in [2.24, 2.45) is 0 Å². The fraction of sp³-hybridized carbons (Fsp3) is 0.571. The third-order valence-corrected chi connectivity index (χ3v) is 3.99. The molecule has 94 valence electrons. The van der Waals surface area contributed by atoms with E-state index < -0.39 is 0 Å². The van der Waals surface area contributed by atoms with Gasteiger partial charge in [0.15, 0.2) is 0 Å². The molecule has 2 rings (SSSR count). The molecule has 2 unspecified atom stereocenters. The largest absolute Gasteiger partial charge is 0.382 e. The second-order valence-corrected chi connectivity index (χ2v) is 5.59. The first-order valence-corrected chi connectivity index (χ1v) is 6.67. The Morgan fingerprint density at radius 3 is 2.82 bits per heavy atom. The molecule has 1 saturated heterocycles. The quantitative estimate of drug-likeness (QED) is 0.866. The predicted molar refractivity (Wildman–Crippen MR) is 74.9 cm³/mol. The molecule has 2 atom stereocenters. The molecule has 0 amide bonds. The molecular weight excluding hydrogens is 232 g/mol. The third kappa shape index (κ3) is 3.14. The van der Waals surface area contributed by atoms with Crippen molar-refractivity contribution in [2.75, 3.05) is 18.9 Å². The monoisotopic (exact) mass is 252 g/mol. The van der Waals surface area contributed by atoms with Crippen molar-refractivity contribution in [1.82, 2.24) is 4.90 Å². The zero-order chi connectivity index (χ0) is 12.4. The van der Waals surface area contributed by atoms with Gasteiger partial charge in [-0.2, -0.15) is 0 Å². The van der Waals surface area contributed by atoms with Crippen LogP contribution in [0.1, 0.15) is 25.3 Å². The summed E-state index contributed by atoms with van der Waals surface area (Å²) in [6, 6.07) is 7.30. The molecule has 1 aromatic carbocycles. The van der Waals surface area contributed by atoms with Gasteiger partial charge in [-0.3, -0.25) is 0 Å². The van der Waals surface area contributed by atoms with Gasteiger partial charge in [0.25, 0.3) is 0 Å². The summed E-state index contributed by atoms with van der Waals surface area (Å²) < 4.78 is 0. The minimum atomic E-state index is 0.584. The van der Waals surface area contributed by atoms with Gasteiger partial charge in [-0.1, -0.05) is 11.6 Å². The van der Waals surface area contributed by atoms with Crippen molar-refractivity contribution >= 4 is 17.3 Å². The van der Waals surface area contributed by atoms with Crippen molar-refractivity contribution in [3.63, 3.8) is 0 Å². The summed E-state index contributed by atoms with van der Waals surface area (Å²) in [6.45, 7) is 5.57. The van der Waals surface area contributed by atoms with Crippen LogP contribution >= 0.6 is 11.6 Å². The highest BCUT2D eigenvalue weighted by Crippen LogP contribution is 2.24. The molecule has 1 aromatic rings. The van der Waals surface area contributed by atoms with Gasteiger partial charge in [-0.15, -0.1) is 0 Å². The number of likely N-dealkylation sites (tertiary alicyclic amines) is 1.